The van der Waals surface area contributed by atoms with Crippen LogP contribution in [0.15, 0.2) is 12.1 Å². The molecule has 0 radical (unpaired) electrons. The summed E-state index contributed by atoms with van der Waals surface area (Å²) in [4.78, 5) is 25.3. The number of nitro groups is 1. The molecule has 8 nitrogen and oxygen atoms in total. The van der Waals surface area contributed by atoms with Crippen molar-refractivity contribution >= 4 is 29.0 Å². The lowest BCUT2D eigenvalue weighted by atomic mass is 10.4. The van der Waals surface area contributed by atoms with Crippen molar-refractivity contribution in [3.05, 3.63) is 27.4 Å². The van der Waals surface area contributed by atoms with Gasteiger partial charge in [0.05, 0.1) is 18.1 Å². The number of anilines is 1. The zero-order valence-corrected chi connectivity index (χ0v) is 10.9. The van der Waals surface area contributed by atoms with Crippen LogP contribution in [0.3, 0.4) is 0 Å². The molecule has 0 aromatic carbocycles. The summed E-state index contributed by atoms with van der Waals surface area (Å²) in [6, 6.07) is 2.53. The van der Waals surface area contributed by atoms with Crippen molar-refractivity contribution in [1.82, 2.24) is 10.3 Å². The van der Waals surface area contributed by atoms with Gasteiger partial charge in [0.2, 0.25) is 11.7 Å². The van der Waals surface area contributed by atoms with Crippen molar-refractivity contribution in [2.75, 3.05) is 32.1 Å². The maximum atomic E-state index is 11.4. The third kappa shape index (κ3) is 5.06. The van der Waals surface area contributed by atoms with Gasteiger partial charge in [0.15, 0.2) is 0 Å². The Morgan fingerprint density at radius 1 is 1.58 bits per heavy atom. The fourth-order valence-electron chi connectivity index (χ4n) is 1.22. The van der Waals surface area contributed by atoms with Crippen LogP contribution in [0, 0.1) is 10.1 Å². The SMILES string of the molecule is COCCNC(=O)CNc1nc(Cl)ccc1[N+](=O)[O-]. The number of rotatable bonds is 7. The number of pyridine rings is 1. The van der Waals surface area contributed by atoms with E-state index in [9.17, 15) is 14.9 Å². The first-order valence-corrected chi connectivity index (χ1v) is 5.73. The Hall–Kier alpha value is -1.93. The first-order valence-electron chi connectivity index (χ1n) is 5.35. The summed E-state index contributed by atoms with van der Waals surface area (Å²) in [5.74, 6) is -0.368. The van der Waals surface area contributed by atoms with E-state index in [0.717, 1.165) is 0 Å². The van der Waals surface area contributed by atoms with Gasteiger partial charge < -0.3 is 15.4 Å². The van der Waals surface area contributed by atoms with Crippen LogP contribution in [-0.4, -0.2) is 42.6 Å². The average Bonchev–Trinajstić information content (AvgIpc) is 2.36. The maximum Gasteiger partial charge on any atom is 0.311 e. The zero-order chi connectivity index (χ0) is 14.3. The molecule has 0 fully saturated rings. The molecule has 0 unspecified atom stereocenters. The lowest BCUT2D eigenvalue weighted by molar-refractivity contribution is -0.384. The minimum atomic E-state index is -0.603. The summed E-state index contributed by atoms with van der Waals surface area (Å²) in [6.07, 6.45) is 0. The predicted molar refractivity (Wildman–Crippen MR) is 69.3 cm³/mol. The molecular weight excluding hydrogens is 276 g/mol. The van der Waals surface area contributed by atoms with Crippen LogP contribution in [0.2, 0.25) is 5.15 Å². The Morgan fingerprint density at radius 3 is 2.95 bits per heavy atom. The minimum absolute atomic E-state index is 0.0422. The molecule has 19 heavy (non-hydrogen) atoms. The molecule has 1 heterocycles. The van der Waals surface area contributed by atoms with Crippen molar-refractivity contribution in [3.63, 3.8) is 0 Å². The van der Waals surface area contributed by atoms with Gasteiger partial charge in [-0.3, -0.25) is 14.9 Å². The van der Waals surface area contributed by atoms with E-state index < -0.39 is 4.92 Å². The van der Waals surface area contributed by atoms with Gasteiger partial charge in [0.1, 0.15) is 5.15 Å². The molecule has 9 heteroatoms. The fourth-order valence-corrected chi connectivity index (χ4v) is 1.37. The van der Waals surface area contributed by atoms with Crippen LogP contribution in [0.1, 0.15) is 0 Å². The van der Waals surface area contributed by atoms with E-state index in [-0.39, 0.29) is 29.1 Å². The molecule has 0 atom stereocenters. The maximum absolute atomic E-state index is 11.4. The molecule has 0 spiro atoms. The van der Waals surface area contributed by atoms with Crippen LogP contribution < -0.4 is 10.6 Å². The van der Waals surface area contributed by atoms with E-state index in [1.54, 1.807) is 0 Å². The number of aromatic nitrogens is 1. The third-order valence-corrected chi connectivity index (χ3v) is 2.29. The standard InChI is InChI=1S/C10H13ClN4O4/c1-19-5-4-12-9(16)6-13-10-7(15(17)18)2-3-8(11)14-10/h2-3H,4-6H2,1H3,(H,12,16)(H,13,14). The van der Waals surface area contributed by atoms with Crippen molar-refractivity contribution in [2.45, 2.75) is 0 Å². The second-order valence-corrected chi connectivity index (χ2v) is 3.84. The van der Waals surface area contributed by atoms with Gasteiger partial charge in [-0.15, -0.1) is 0 Å². The summed E-state index contributed by atoms with van der Waals surface area (Å²) in [6.45, 7) is 0.612. The minimum Gasteiger partial charge on any atom is -0.383 e. The highest BCUT2D eigenvalue weighted by molar-refractivity contribution is 6.29. The van der Waals surface area contributed by atoms with Crippen LogP contribution >= 0.6 is 11.6 Å². The topological polar surface area (TPSA) is 106 Å². The molecule has 2 N–H and O–H groups in total. The molecule has 0 aliphatic rings. The van der Waals surface area contributed by atoms with Crippen LogP contribution in [0.5, 0.6) is 0 Å². The summed E-state index contributed by atoms with van der Waals surface area (Å²) >= 11 is 5.65. The summed E-state index contributed by atoms with van der Waals surface area (Å²) < 4.78 is 4.77. The molecule has 1 amide bonds. The zero-order valence-electron chi connectivity index (χ0n) is 10.2. The Morgan fingerprint density at radius 2 is 2.32 bits per heavy atom. The largest absolute Gasteiger partial charge is 0.383 e. The van der Waals surface area contributed by atoms with Gasteiger partial charge in [0, 0.05) is 19.7 Å². The molecule has 1 rings (SSSR count). The van der Waals surface area contributed by atoms with Gasteiger partial charge in [-0.05, 0) is 6.07 Å². The second kappa shape index (κ2) is 7.49. The number of methoxy groups -OCH3 is 1. The molecule has 0 aliphatic carbocycles. The van der Waals surface area contributed by atoms with Gasteiger partial charge >= 0.3 is 5.69 Å². The lowest BCUT2D eigenvalue weighted by Crippen LogP contribution is -2.32. The highest BCUT2D eigenvalue weighted by atomic mass is 35.5. The average molecular weight is 289 g/mol. The van der Waals surface area contributed by atoms with E-state index >= 15 is 0 Å². The number of nitrogens with zero attached hydrogens (tertiary/aromatic N) is 2. The number of amides is 1. The van der Waals surface area contributed by atoms with E-state index in [1.807, 2.05) is 0 Å². The molecule has 0 saturated heterocycles. The highest BCUT2D eigenvalue weighted by Gasteiger charge is 2.16. The molecule has 1 aromatic heterocycles. The number of hydrogen-bond acceptors (Lipinski definition) is 6. The number of carbonyl (C=O) groups is 1. The summed E-state index contributed by atoms with van der Waals surface area (Å²) in [5.41, 5.74) is -0.242. The van der Waals surface area contributed by atoms with Gasteiger partial charge in [0.25, 0.3) is 0 Å². The monoisotopic (exact) mass is 288 g/mol. The molecule has 104 valence electrons. The van der Waals surface area contributed by atoms with Crippen LogP contribution in [0.25, 0.3) is 0 Å². The first kappa shape index (κ1) is 15.1. The van der Waals surface area contributed by atoms with E-state index in [2.05, 4.69) is 15.6 Å². The number of halogens is 1. The molecule has 0 bridgehead atoms. The van der Waals surface area contributed by atoms with Crippen LogP contribution in [-0.2, 0) is 9.53 Å². The van der Waals surface area contributed by atoms with E-state index in [1.165, 1.54) is 19.2 Å². The number of nitrogens with one attached hydrogen (secondary N) is 2. The number of ether oxygens (including phenoxy) is 1. The third-order valence-electron chi connectivity index (χ3n) is 2.08. The van der Waals surface area contributed by atoms with Crippen molar-refractivity contribution in [2.24, 2.45) is 0 Å². The van der Waals surface area contributed by atoms with Gasteiger partial charge in [-0.25, -0.2) is 4.98 Å². The Kier molecular flexibility index (Phi) is 5.97. The molecule has 1 aromatic rings. The van der Waals surface area contributed by atoms with Crippen molar-refractivity contribution in [1.29, 1.82) is 0 Å². The number of hydrogen-bond donors (Lipinski definition) is 2. The Labute approximate surface area is 114 Å². The molecule has 0 aliphatic heterocycles. The Bertz CT molecular complexity index is 469. The van der Waals surface area contributed by atoms with Crippen LogP contribution in [0.4, 0.5) is 11.5 Å². The molecular formula is C10H13ClN4O4. The summed E-state index contributed by atoms with van der Waals surface area (Å²) in [5, 5.41) is 16.0. The highest BCUT2D eigenvalue weighted by Crippen LogP contribution is 2.23. The van der Waals surface area contributed by atoms with Gasteiger partial charge in [-0.2, -0.15) is 0 Å². The number of carbonyl (C=O) groups excluding carboxylic acids is 1. The summed E-state index contributed by atoms with van der Waals surface area (Å²) in [7, 11) is 1.52. The van der Waals surface area contributed by atoms with E-state index in [4.69, 9.17) is 16.3 Å². The smallest absolute Gasteiger partial charge is 0.311 e. The van der Waals surface area contributed by atoms with Gasteiger partial charge in [-0.1, -0.05) is 11.6 Å². The normalized spacial score (nSPS) is 10.0. The fraction of sp³-hybridized carbons (Fsp3) is 0.400. The Balaban J connectivity index is 2.59. The second-order valence-electron chi connectivity index (χ2n) is 3.46. The van der Waals surface area contributed by atoms with Crippen molar-refractivity contribution < 1.29 is 14.5 Å². The quantitative estimate of drug-likeness (QED) is 0.333. The first-order chi connectivity index (χ1) is 9.04. The predicted octanol–water partition coefficient (Wildman–Crippen LogP) is 0.818. The van der Waals surface area contributed by atoms with Crippen molar-refractivity contribution in [3.8, 4) is 0 Å². The van der Waals surface area contributed by atoms with E-state index in [0.29, 0.717) is 13.2 Å². The molecule has 0 saturated carbocycles. The lowest BCUT2D eigenvalue weighted by Gasteiger charge is -2.07.